The summed E-state index contributed by atoms with van der Waals surface area (Å²) in [6, 6.07) is -0.441. The van der Waals surface area contributed by atoms with Crippen molar-refractivity contribution < 1.29 is 4.79 Å². The van der Waals surface area contributed by atoms with E-state index in [1.165, 1.54) is 29.8 Å². The van der Waals surface area contributed by atoms with E-state index in [9.17, 15) is 4.79 Å². The van der Waals surface area contributed by atoms with E-state index in [1.807, 2.05) is 0 Å². The second kappa shape index (κ2) is 7.96. The summed E-state index contributed by atoms with van der Waals surface area (Å²) < 4.78 is 0. The standard InChI is InChI=1S/C14H23N3OS.ClH/c1-9(2)8-10(15)13(18)17-14-16-11-6-4-3-5-7-12(11)19-14;/h9-10H,3-8,15H2,1-2H3,(H,16,17,18);1H/t10-;/m0./s1. The van der Waals surface area contributed by atoms with Gasteiger partial charge in [-0.2, -0.15) is 0 Å². The molecule has 0 fully saturated rings. The molecular weight excluding hydrogens is 294 g/mol. The van der Waals surface area contributed by atoms with Gasteiger partial charge in [0, 0.05) is 4.88 Å². The molecular formula is C14H24ClN3OS. The molecule has 1 aromatic rings. The summed E-state index contributed by atoms with van der Waals surface area (Å²) in [5.74, 6) is 0.311. The minimum atomic E-state index is -0.441. The lowest BCUT2D eigenvalue weighted by Crippen LogP contribution is -2.36. The fourth-order valence-corrected chi connectivity index (χ4v) is 3.45. The monoisotopic (exact) mass is 317 g/mol. The van der Waals surface area contributed by atoms with Crippen LogP contribution in [0.1, 0.15) is 50.1 Å². The average molecular weight is 318 g/mol. The molecule has 0 bridgehead atoms. The number of carbonyl (C=O) groups excluding carboxylic acids is 1. The maximum Gasteiger partial charge on any atom is 0.243 e. The Morgan fingerprint density at radius 1 is 1.35 bits per heavy atom. The normalized spacial score (nSPS) is 16.0. The lowest BCUT2D eigenvalue weighted by molar-refractivity contribution is -0.117. The SMILES string of the molecule is CC(C)C[C@H](N)C(=O)Nc1nc2c(s1)CCCCC2.Cl. The zero-order valence-electron chi connectivity index (χ0n) is 12.1. The Morgan fingerprint density at radius 2 is 2.05 bits per heavy atom. The maximum absolute atomic E-state index is 12.0. The number of rotatable bonds is 4. The highest BCUT2D eigenvalue weighted by Crippen LogP contribution is 2.28. The Kier molecular flexibility index (Phi) is 6.92. The molecule has 3 N–H and O–H groups in total. The highest BCUT2D eigenvalue weighted by Gasteiger charge is 2.19. The van der Waals surface area contributed by atoms with Crippen LogP contribution in [-0.2, 0) is 17.6 Å². The zero-order chi connectivity index (χ0) is 13.8. The van der Waals surface area contributed by atoms with Crippen LogP contribution in [0.5, 0.6) is 0 Å². The first kappa shape index (κ1) is 17.4. The molecule has 2 rings (SSSR count). The van der Waals surface area contributed by atoms with Crippen molar-refractivity contribution in [3.63, 3.8) is 0 Å². The molecule has 4 nitrogen and oxygen atoms in total. The minimum Gasteiger partial charge on any atom is -0.320 e. The van der Waals surface area contributed by atoms with Gasteiger partial charge < -0.3 is 11.1 Å². The second-order valence-electron chi connectivity index (χ2n) is 5.67. The lowest BCUT2D eigenvalue weighted by Gasteiger charge is -2.12. The van der Waals surface area contributed by atoms with Gasteiger partial charge in [-0.25, -0.2) is 4.98 Å². The molecule has 1 aromatic heterocycles. The Morgan fingerprint density at radius 3 is 2.75 bits per heavy atom. The maximum atomic E-state index is 12.0. The molecule has 0 saturated heterocycles. The first-order valence-electron chi connectivity index (χ1n) is 7.11. The van der Waals surface area contributed by atoms with Gasteiger partial charge in [0.25, 0.3) is 0 Å². The number of anilines is 1. The summed E-state index contributed by atoms with van der Waals surface area (Å²) in [5.41, 5.74) is 7.05. The number of aryl methyl sites for hydroxylation is 2. The lowest BCUT2D eigenvalue weighted by atomic mass is 10.0. The molecule has 1 aliphatic rings. The molecule has 114 valence electrons. The molecule has 0 saturated carbocycles. The first-order valence-corrected chi connectivity index (χ1v) is 7.93. The van der Waals surface area contributed by atoms with Crippen molar-refractivity contribution in [1.29, 1.82) is 0 Å². The van der Waals surface area contributed by atoms with Gasteiger partial charge in [0.05, 0.1) is 11.7 Å². The number of nitrogens with two attached hydrogens (primary N) is 1. The van der Waals surface area contributed by atoms with Crippen LogP contribution in [0.25, 0.3) is 0 Å². The van der Waals surface area contributed by atoms with E-state index in [-0.39, 0.29) is 18.3 Å². The third-order valence-electron chi connectivity index (χ3n) is 3.39. The second-order valence-corrected chi connectivity index (χ2v) is 6.76. The van der Waals surface area contributed by atoms with Crippen molar-refractivity contribution in [2.45, 2.75) is 58.4 Å². The van der Waals surface area contributed by atoms with Gasteiger partial charge in [-0.15, -0.1) is 23.7 Å². The van der Waals surface area contributed by atoms with Crippen molar-refractivity contribution in [2.75, 3.05) is 5.32 Å². The van der Waals surface area contributed by atoms with E-state index in [1.54, 1.807) is 11.3 Å². The molecule has 1 atom stereocenters. The Bertz CT molecular complexity index is 424. The first-order chi connectivity index (χ1) is 9.06. The van der Waals surface area contributed by atoms with Crippen LogP contribution in [0.4, 0.5) is 5.13 Å². The van der Waals surface area contributed by atoms with E-state index >= 15 is 0 Å². The van der Waals surface area contributed by atoms with Crippen LogP contribution in [0.2, 0.25) is 0 Å². The summed E-state index contributed by atoms with van der Waals surface area (Å²) in [6.45, 7) is 4.14. The predicted octanol–water partition coefficient (Wildman–Crippen LogP) is 3.15. The van der Waals surface area contributed by atoms with Crippen LogP contribution in [0, 0.1) is 5.92 Å². The number of hydrogen-bond acceptors (Lipinski definition) is 4. The average Bonchev–Trinajstić information content (AvgIpc) is 2.57. The van der Waals surface area contributed by atoms with Crippen LogP contribution in [0.3, 0.4) is 0 Å². The van der Waals surface area contributed by atoms with Crippen molar-refractivity contribution >= 4 is 34.8 Å². The zero-order valence-corrected chi connectivity index (χ0v) is 13.8. The number of amides is 1. The molecule has 1 aliphatic carbocycles. The predicted molar refractivity (Wildman–Crippen MR) is 86.7 cm³/mol. The third kappa shape index (κ3) is 4.72. The summed E-state index contributed by atoms with van der Waals surface area (Å²) >= 11 is 1.61. The number of nitrogens with zero attached hydrogens (tertiary/aromatic N) is 1. The number of fused-ring (bicyclic) bond motifs is 1. The van der Waals surface area contributed by atoms with Gasteiger partial charge in [-0.3, -0.25) is 4.79 Å². The molecule has 0 unspecified atom stereocenters. The summed E-state index contributed by atoms with van der Waals surface area (Å²) in [6.07, 6.45) is 6.56. The van der Waals surface area contributed by atoms with Gasteiger partial charge in [0.2, 0.25) is 5.91 Å². The van der Waals surface area contributed by atoms with E-state index in [0.29, 0.717) is 12.3 Å². The Hall–Kier alpha value is -0.650. The van der Waals surface area contributed by atoms with Crippen molar-refractivity contribution in [2.24, 2.45) is 11.7 Å². The van der Waals surface area contributed by atoms with Crippen LogP contribution < -0.4 is 11.1 Å². The number of thiazole rings is 1. The van der Waals surface area contributed by atoms with Crippen molar-refractivity contribution in [1.82, 2.24) is 4.98 Å². The molecule has 0 spiro atoms. The number of halogens is 1. The number of nitrogens with one attached hydrogen (secondary N) is 1. The van der Waals surface area contributed by atoms with Crippen LogP contribution >= 0.6 is 23.7 Å². The van der Waals surface area contributed by atoms with Gasteiger partial charge in [-0.05, 0) is 38.0 Å². The van der Waals surface area contributed by atoms with Crippen molar-refractivity contribution in [3.05, 3.63) is 10.6 Å². The Balaban J connectivity index is 0.00000200. The van der Waals surface area contributed by atoms with Crippen molar-refractivity contribution in [3.8, 4) is 0 Å². The molecule has 0 aromatic carbocycles. The largest absolute Gasteiger partial charge is 0.320 e. The molecule has 1 amide bonds. The molecule has 1 heterocycles. The summed E-state index contributed by atoms with van der Waals surface area (Å²) in [5, 5.41) is 3.59. The van der Waals surface area contributed by atoms with Gasteiger partial charge in [0.15, 0.2) is 5.13 Å². The van der Waals surface area contributed by atoms with E-state index < -0.39 is 6.04 Å². The third-order valence-corrected chi connectivity index (χ3v) is 4.46. The van der Waals surface area contributed by atoms with Crippen LogP contribution in [0.15, 0.2) is 0 Å². The van der Waals surface area contributed by atoms with E-state index in [4.69, 9.17) is 5.73 Å². The van der Waals surface area contributed by atoms with E-state index in [0.717, 1.165) is 18.0 Å². The minimum absolute atomic E-state index is 0. The molecule has 20 heavy (non-hydrogen) atoms. The number of aromatic nitrogens is 1. The number of carbonyl (C=O) groups is 1. The quantitative estimate of drug-likeness (QED) is 0.838. The van der Waals surface area contributed by atoms with E-state index in [2.05, 4.69) is 24.1 Å². The fourth-order valence-electron chi connectivity index (χ4n) is 2.40. The smallest absolute Gasteiger partial charge is 0.243 e. The van der Waals surface area contributed by atoms with Gasteiger partial charge in [-0.1, -0.05) is 20.3 Å². The van der Waals surface area contributed by atoms with Crippen LogP contribution in [-0.4, -0.2) is 16.9 Å². The molecule has 0 radical (unpaired) electrons. The molecule has 0 aliphatic heterocycles. The highest BCUT2D eigenvalue weighted by molar-refractivity contribution is 7.15. The van der Waals surface area contributed by atoms with Gasteiger partial charge in [0.1, 0.15) is 0 Å². The molecule has 6 heteroatoms. The van der Waals surface area contributed by atoms with Gasteiger partial charge >= 0.3 is 0 Å². The number of hydrogen-bond donors (Lipinski definition) is 2. The topological polar surface area (TPSA) is 68.0 Å². The fraction of sp³-hybridized carbons (Fsp3) is 0.714. The summed E-state index contributed by atoms with van der Waals surface area (Å²) in [7, 11) is 0. The Labute approximate surface area is 131 Å². The summed E-state index contributed by atoms with van der Waals surface area (Å²) in [4.78, 5) is 17.8. The highest BCUT2D eigenvalue weighted by atomic mass is 35.5.